The molecule has 0 saturated heterocycles. The minimum absolute atomic E-state index is 0.376. The molecule has 11 rings (SSSR count). The topological polar surface area (TPSA) is 43.8 Å². The summed E-state index contributed by atoms with van der Waals surface area (Å²) in [4.78, 5) is 9.65. The molecule has 0 saturated carbocycles. The third kappa shape index (κ3) is 6.97. The Morgan fingerprint density at radius 3 is 2.23 bits per heavy atom. The van der Waals surface area contributed by atoms with E-state index in [0.29, 0.717) is 5.84 Å². The van der Waals surface area contributed by atoms with Gasteiger partial charge in [0.25, 0.3) is 0 Å². The lowest BCUT2D eigenvalue weighted by Crippen LogP contribution is -2.30. The van der Waals surface area contributed by atoms with E-state index in [4.69, 9.17) is 16.3 Å². The highest BCUT2D eigenvalue weighted by atomic mass is 16.5. The fourth-order valence-corrected chi connectivity index (χ4v) is 9.84. The van der Waals surface area contributed by atoms with E-state index in [9.17, 15) is 0 Å². The van der Waals surface area contributed by atoms with Crippen LogP contribution in [0, 0.1) is 0 Å². The molecule has 0 fully saturated rings. The number of rotatable bonds is 8. The lowest BCUT2D eigenvalue weighted by Gasteiger charge is -2.29. The first kappa shape index (κ1) is 40.5. The van der Waals surface area contributed by atoms with Crippen LogP contribution >= 0.6 is 0 Å². The molecule has 0 amide bonds. The standard InChI is InChI=1S/C61H48N4O/c1-5-6-28-54-41(2)59-48(45-33-35-56-51(39-45)49-25-13-15-29-55(49)65(56)47-36-37-61(3)52(40-47)50-26-14-16-31-58(50)66-61)27-18-30-57(59)64(54)46-24-17-19-42(38-46)32-34-53(43-20-9-7-10-21-43)63-60(62-4)44-22-11-8-12-23-44/h5-36,38-40H,2,37H2,1,3-4H3/b6-5-,34-32+,54-28+,62-60?,63-53?. The van der Waals surface area contributed by atoms with Crippen molar-refractivity contribution in [3.8, 4) is 22.6 Å². The maximum absolute atomic E-state index is 6.53. The van der Waals surface area contributed by atoms with E-state index in [1.807, 2.05) is 55.5 Å². The van der Waals surface area contributed by atoms with Gasteiger partial charge in [0, 0.05) is 68.5 Å². The molecule has 1 aliphatic heterocycles. The number of ether oxygens (including phenoxy) is 1. The van der Waals surface area contributed by atoms with E-state index in [1.54, 1.807) is 7.05 Å². The van der Waals surface area contributed by atoms with Gasteiger partial charge in [-0.2, -0.15) is 0 Å². The van der Waals surface area contributed by atoms with Gasteiger partial charge in [0.2, 0.25) is 0 Å². The van der Waals surface area contributed by atoms with Crippen molar-refractivity contribution in [1.82, 2.24) is 9.13 Å². The molecule has 1 aliphatic carbocycles. The normalized spacial score (nSPS) is 16.6. The van der Waals surface area contributed by atoms with Gasteiger partial charge in [-0.1, -0.05) is 158 Å². The number of amidine groups is 1. The lowest BCUT2D eigenvalue weighted by atomic mass is 9.85. The minimum atomic E-state index is -0.376. The number of aliphatic imine (C=N–C) groups is 2. The Balaban J connectivity index is 1.02. The fraction of sp³-hybridized carbons (Fsp3) is 0.0820. The van der Waals surface area contributed by atoms with Crippen molar-refractivity contribution < 1.29 is 4.74 Å². The predicted molar refractivity (Wildman–Crippen MR) is 279 cm³/mol. The molecule has 0 spiro atoms. The molecular formula is C61H48N4O. The number of fused-ring (bicyclic) bond motifs is 7. The Kier molecular flexibility index (Phi) is 10.2. The molecule has 1 unspecified atom stereocenters. The largest absolute Gasteiger partial charge is 0.482 e. The summed E-state index contributed by atoms with van der Waals surface area (Å²) in [6.45, 7) is 9.03. The first-order valence-electron chi connectivity index (χ1n) is 22.6. The van der Waals surface area contributed by atoms with Gasteiger partial charge in [-0.3, -0.25) is 4.99 Å². The summed E-state index contributed by atoms with van der Waals surface area (Å²) in [5.41, 5.74) is 13.8. The van der Waals surface area contributed by atoms with Crippen LogP contribution in [0.1, 0.15) is 42.5 Å². The molecular weight excluding hydrogens is 805 g/mol. The maximum Gasteiger partial charge on any atom is 0.154 e. The maximum atomic E-state index is 6.53. The quantitative estimate of drug-likeness (QED) is 0.111. The van der Waals surface area contributed by atoms with Crippen LogP contribution in [0.25, 0.3) is 79.5 Å². The average Bonchev–Trinajstić information content (AvgIpc) is 3.97. The van der Waals surface area contributed by atoms with Crippen molar-refractivity contribution in [1.29, 1.82) is 0 Å². The van der Waals surface area contributed by atoms with Crippen LogP contribution in [-0.2, 0) is 0 Å². The third-order valence-electron chi connectivity index (χ3n) is 13.0. The van der Waals surface area contributed by atoms with Crippen molar-refractivity contribution in [2.75, 3.05) is 7.05 Å². The smallest absolute Gasteiger partial charge is 0.154 e. The van der Waals surface area contributed by atoms with Crippen molar-refractivity contribution in [2.45, 2.75) is 25.9 Å². The Labute approximate surface area is 385 Å². The van der Waals surface area contributed by atoms with E-state index in [1.165, 1.54) is 32.9 Å². The van der Waals surface area contributed by atoms with Crippen LogP contribution in [0.4, 0.5) is 0 Å². The fourth-order valence-electron chi connectivity index (χ4n) is 9.84. The van der Waals surface area contributed by atoms with E-state index < -0.39 is 0 Å². The van der Waals surface area contributed by atoms with Crippen LogP contribution in [0.3, 0.4) is 0 Å². The second-order valence-corrected chi connectivity index (χ2v) is 17.1. The zero-order chi connectivity index (χ0) is 44.8. The Hall–Kier alpha value is -8.28. The molecule has 9 aromatic rings. The third-order valence-corrected chi connectivity index (χ3v) is 13.0. The molecule has 1 atom stereocenters. The van der Waals surface area contributed by atoms with E-state index in [0.717, 1.165) is 78.6 Å². The summed E-state index contributed by atoms with van der Waals surface area (Å²) in [6.07, 6.45) is 16.0. The molecule has 318 valence electrons. The number of nitrogens with zero attached hydrogens (tertiary/aromatic N) is 4. The van der Waals surface area contributed by atoms with Crippen molar-refractivity contribution in [3.63, 3.8) is 0 Å². The van der Waals surface area contributed by atoms with Gasteiger partial charge in [0.1, 0.15) is 11.4 Å². The summed E-state index contributed by atoms with van der Waals surface area (Å²) >= 11 is 0. The Morgan fingerprint density at radius 1 is 0.697 bits per heavy atom. The first-order valence-corrected chi connectivity index (χ1v) is 22.6. The number of allylic oxidation sites excluding steroid dienone is 5. The van der Waals surface area contributed by atoms with Crippen molar-refractivity contribution in [3.05, 3.63) is 233 Å². The molecule has 2 aromatic heterocycles. The van der Waals surface area contributed by atoms with Gasteiger partial charge in [0.05, 0.1) is 27.6 Å². The summed E-state index contributed by atoms with van der Waals surface area (Å²) < 4.78 is 11.3. The molecule has 0 radical (unpaired) electrons. The SMILES string of the molecule is C=c1/c(=C\C=C/C)n(-c2cccc(/C=C/C(=NC(=NC)c3ccccc3)c3ccccc3)c2)c2cccc(-c3ccc4c(c3)c3ccccc3n4C3=CCC4(C)Oc5ccccc5C4=C3)c12. The molecule has 2 aliphatic rings. The first-order chi connectivity index (χ1) is 32.4. The zero-order valence-electron chi connectivity index (χ0n) is 37.3. The van der Waals surface area contributed by atoms with Crippen molar-refractivity contribution >= 4 is 74.3 Å². The van der Waals surface area contributed by atoms with Gasteiger partial charge >= 0.3 is 0 Å². The molecule has 3 heterocycles. The second kappa shape index (κ2) is 16.7. The number of hydrogen-bond acceptors (Lipinski definition) is 2. The van der Waals surface area contributed by atoms with Crippen LogP contribution in [0.15, 0.2) is 210 Å². The molecule has 7 aromatic carbocycles. The average molecular weight is 853 g/mol. The van der Waals surface area contributed by atoms with Gasteiger partial charge in [-0.25, -0.2) is 4.99 Å². The number of aromatic nitrogens is 2. The monoisotopic (exact) mass is 852 g/mol. The number of para-hydroxylation sites is 2. The van der Waals surface area contributed by atoms with Crippen molar-refractivity contribution in [2.24, 2.45) is 9.98 Å². The van der Waals surface area contributed by atoms with E-state index in [-0.39, 0.29) is 5.60 Å². The van der Waals surface area contributed by atoms with Gasteiger partial charge in [0.15, 0.2) is 5.84 Å². The molecule has 0 bridgehead atoms. The summed E-state index contributed by atoms with van der Waals surface area (Å²) in [6, 6.07) is 59.8. The minimum Gasteiger partial charge on any atom is -0.482 e. The van der Waals surface area contributed by atoms with E-state index in [2.05, 4.69) is 185 Å². The molecule has 0 N–H and O–H groups in total. The predicted octanol–water partition coefficient (Wildman–Crippen LogP) is 13.2. The zero-order valence-corrected chi connectivity index (χ0v) is 37.3. The summed E-state index contributed by atoms with van der Waals surface area (Å²) in [5, 5.41) is 5.57. The summed E-state index contributed by atoms with van der Waals surface area (Å²) in [5.74, 6) is 1.63. The Morgan fingerprint density at radius 2 is 1.41 bits per heavy atom. The van der Waals surface area contributed by atoms with Gasteiger partial charge in [-0.15, -0.1) is 0 Å². The number of benzene rings is 7. The second-order valence-electron chi connectivity index (χ2n) is 17.1. The van der Waals surface area contributed by atoms with Crippen LogP contribution < -0.4 is 15.3 Å². The molecule has 5 heteroatoms. The van der Waals surface area contributed by atoms with Crippen LogP contribution in [-0.4, -0.2) is 33.3 Å². The highest BCUT2D eigenvalue weighted by Gasteiger charge is 2.41. The van der Waals surface area contributed by atoms with E-state index >= 15 is 0 Å². The van der Waals surface area contributed by atoms with Crippen LogP contribution in [0.5, 0.6) is 5.75 Å². The van der Waals surface area contributed by atoms with Gasteiger partial charge in [-0.05, 0) is 91.2 Å². The van der Waals surface area contributed by atoms with Crippen LogP contribution in [0.2, 0.25) is 0 Å². The summed E-state index contributed by atoms with van der Waals surface area (Å²) in [7, 11) is 1.79. The highest BCUT2D eigenvalue weighted by Crippen LogP contribution is 2.49. The lowest BCUT2D eigenvalue weighted by molar-refractivity contribution is 0.170. The molecule has 5 nitrogen and oxygen atoms in total. The molecule has 66 heavy (non-hydrogen) atoms. The highest BCUT2D eigenvalue weighted by molar-refractivity contribution is 6.18. The number of hydrogen-bond donors (Lipinski definition) is 0. The Bertz CT molecular complexity index is 3690. The van der Waals surface area contributed by atoms with Gasteiger partial charge < -0.3 is 13.9 Å².